The first-order valence-electron chi connectivity index (χ1n) is 6.09. The monoisotopic (exact) mass is 212 g/mol. The SMILES string of the molecule is CCC/C=C(/CC1CCCCC1)SC. The molecule has 0 spiro atoms. The fourth-order valence-corrected chi connectivity index (χ4v) is 2.92. The maximum Gasteiger partial charge on any atom is -0.0140 e. The van der Waals surface area contributed by atoms with Gasteiger partial charge >= 0.3 is 0 Å². The van der Waals surface area contributed by atoms with Gasteiger partial charge in [-0.1, -0.05) is 51.5 Å². The second-order valence-electron chi connectivity index (χ2n) is 4.37. The van der Waals surface area contributed by atoms with Crippen molar-refractivity contribution in [3.8, 4) is 0 Å². The maximum atomic E-state index is 2.46. The molecule has 1 rings (SSSR count). The lowest BCUT2D eigenvalue weighted by molar-refractivity contribution is 0.360. The Hall–Kier alpha value is 0.0900. The molecule has 0 bridgehead atoms. The van der Waals surface area contributed by atoms with Gasteiger partial charge in [0.15, 0.2) is 0 Å². The van der Waals surface area contributed by atoms with E-state index in [0.717, 1.165) is 5.92 Å². The summed E-state index contributed by atoms with van der Waals surface area (Å²) in [6, 6.07) is 0. The zero-order chi connectivity index (χ0) is 10.2. The quantitative estimate of drug-likeness (QED) is 0.617. The Labute approximate surface area is 93.5 Å². The molecule has 82 valence electrons. The Morgan fingerprint density at radius 2 is 2.00 bits per heavy atom. The van der Waals surface area contributed by atoms with Crippen molar-refractivity contribution in [3.63, 3.8) is 0 Å². The first-order valence-corrected chi connectivity index (χ1v) is 7.32. The van der Waals surface area contributed by atoms with Gasteiger partial charge in [-0.05, 0) is 29.9 Å². The van der Waals surface area contributed by atoms with E-state index in [1.807, 2.05) is 11.8 Å². The van der Waals surface area contributed by atoms with Crippen LogP contribution < -0.4 is 0 Å². The third-order valence-electron chi connectivity index (χ3n) is 3.14. The predicted octanol–water partition coefficient (Wildman–Crippen LogP) is 5.00. The molecule has 0 aromatic carbocycles. The number of rotatable bonds is 5. The van der Waals surface area contributed by atoms with Crippen LogP contribution in [0.15, 0.2) is 11.0 Å². The standard InChI is InChI=1S/C13H24S/c1-3-4-10-13(14-2)11-12-8-6-5-7-9-12/h10,12H,3-9,11H2,1-2H3/b13-10-. The van der Waals surface area contributed by atoms with Crippen LogP contribution in [0, 0.1) is 5.92 Å². The smallest absolute Gasteiger partial charge is 0.0140 e. The second kappa shape index (κ2) is 7.39. The summed E-state index contributed by atoms with van der Waals surface area (Å²) in [5.41, 5.74) is 0. The van der Waals surface area contributed by atoms with Gasteiger partial charge in [0, 0.05) is 0 Å². The Morgan fingerprint density at radius 3 is 2.57 bits per heavy atom. The Kier molecular flexibility index (Phi) is 6.42. The van der Waals surface area contributed by atoms with Gasteiger partial charge in [-0.3, -0.25) is 0 Å². The van der Waals surface area contributed by atoms with Crippen molar-refractivity contribution in [2.24, 2.45) is 5.92 Å². The number of unbranched alkanes of at least 4 members (excludes halogenated alkanes) is 1. The Balaban J connectivity index is 2.30. The van der Waals surface area contributed by atoms with E-state index >= 15 is 0 Å². The van der Waals surface area contributed by atoms with Crippen LogP contribution in [0.5, 0.6) is 0 Å². The summed E-state index contributed by atoms with van der Waals surface area (Å²) in [6.07, 6.45) is 16.0. The molecule has 0 N–H and O–H groups in total. The minimum absolute atomic E-state index is 0.999. The van der Waals surface area contributed by atoms with Crippen LogP contribution in [-0.4, -0.2) is 6.26 Å². The van der Waals surface area contributed by atoms with Crippen molar-refractivity contribution < 1.29 is 0 Å². The van der Waals surface area contributed by atoms with Gasteiger partial charge < -0.3 is 0 Å². The fourth-order valence-electron chi connectivity index (χ4n) is 2.23. The van der Waals surface area contributed by atoms with E-state index in [1.165, 1.54) is 51.4 Å². The van der Waals surface area contributed by atoms with Crippen LogP contribution in [0.4, 0.5) is 0 Å². The summed E-state index contributed by atoms with van der Waals surface area (Å²) in [5.74, 6) is 0.999. The molecule has 0 heterocycles. The topological polar surface area (TPSA) is 0 Å². The Morgan fingerprint density at radius 1 is 1.29 bits per heavy atom. The van der Waals surface area contributed by atoms with Gasteiger partial charge in [-0.25, -0.2) is 0 Å². The van der Waals surface area contributed by atoms with Gasteiger partial charge in [0.2, 0.25) is 0 Å². The molecule has 0 aliphatic heterocycles. The summed E-state index contributed by atoms with van der Waals surface area (Å²) in [5, 5.41) is 0. The number of hydrogen-bond acceptors (Lipinski definition) is 1. The molecule has 1 saturated carbocycles. The molecule has 0 aromatic heterocycles. The molecule has 0 atom stereocenters. The van der Waals surface area contributed by atoms with Crippen molar-refractivity contribution in [2.75, 3.05) is 6.26 Å². The molecular weight excluding hydrogens is 188 g/mol. The molecule has 0 nitrogen and oxygen atoms in total. The average molecular weight is 212 g/mol. The van der Waals surface area contributed by atoms with E-state index in [0.29, 0.717) is 0 Å². The van der Waals surface area contributed by atoms with Crippen molar-refractivity contribution in [3.05, 3.63) is 11.0 Å². The molecule has 1 heteroatoms. The normalized spacial score (nSPS) is 20.0. The van der Waals surface area contributed by atoms with Crippen LogP contribution in [0.1, 0.15) is 58.3 Å². The first-order chi connectivity index (χ1) is 6.86. The van der Waals surface area contributed by atoms with E-state index in [2.05, 4.69) is 19.3 Å². The summed E-state index contributed by atoms with van der Waals surface area (Å²) in [4.78, 5) is 1.64. The highest BCUT2D eigenvalue weighted by Crippen LogP contribution is 2.32. The van der Waals surface area contributed by atoms with Crippen molar-refractivity contribution >= 4 is 11.8 Å². The summed E-state index contributed by atoms with van der Waals surface area (Å²) in [7, 11) is 0. The molecule has 0 saturated heterocycles. The van der Waals surface area contributed by atoms with E-state index in [1.54, 1.807) is 4.91 Å². The van der Waals surface area contributed by atoms with E-state index in [4.69, 9.17) is 0 Å². The number of thioether (sulfide) groups is 1. The maximum absolute atomic E-state index is 2.46. The average Bonchev–Trinajstić information content (AvgIpc) is 2.25. The molecule has 0 unspecified atom stereocenters. The third kappa shape index (κ3) is 4.54. The summed E-state index contributed by atoms with van der Waals surface area (Å²) < 4.78 is 0. The molecule has 0 aromatic rings. The van der Waals surface area contributed by atoms with Gasteiger partial charge in [-0.2, -0.15) is 0 Å². The molecule has 1 aliphatic carbocycles. The predicted molar refractivity (Wildman–Crippen MR) is 67.7 cm³/mol. The van der Waals surface area contributed by atoms with Gasteiger partial charge in [-0.15, -0.1) is 11.8 Å². The van der Waals surface area contributed by atoms with Crippen molar-refractivity contribution in [1.29, 1.82) is 0 Å². The number of allylic oxidation sites excluding steroid dienone is 2. The molecule has 14 heavy (non-hydrogen) atoms. The molecular formula is C13H24S. The van der Waals surface area contributed by atoms with Gasteiger partial charge in [0.1, 0.15) is 0 Å². The first kappa shape index (κ1) is 12.2. The van der Waals surface area contributed by atoms with Crippen LogP contribution in [0.2, 0.25) is 0 Å². The zero-order valence-corrected chi connectivity index (χ0v) is 10.5. The zero-order valence-electron chi connectivity index (χ0n) is 9.72. The Bertz CT molecular complexity index is 166. The van der Waals surface area contributed by atoms with E-state index in [-0.39, 0.29) is 0 Å². The minimum atomic E-state index is 0.999. The van der Waals surface area contributed by atoms with Crippen molar-refractivity contribution in [1.82, 2.24) is 0 Å². The highest BCUT2D eigenvalue weighted by Gasteiger charge is 2.14. The molecule has 0 amide bonds. The van der Waals surface area contributed by atoms with E-state index < -0.39 is 0 Å². The lowest BCUT2D eigenvalue weighted by Crippen LogP contribution is -2.06. The van der Waals surface area contributed by atoms with Crippen LogP contribution in [-0.2, 0) is 0 Å². The third-order valence-corrected chi connectivity index (χ3v) is 4.00. The van der Waals surface area contributed by atoms with Crippen LogP contribution in [0.25, 0.3) is 0 Å². The fraction of sp³-hybridized carbons (Fsp3) is 0.846. The second-order valence-corrected chi connectivity index (χ2v) is 5.30. The van der Waals surface area contributed by atoms with Gasteiger partial charge in [0.05, 0.1) is 0 Å². The highest BCUT2D eigenvalue weighted by molar-refractivity contribution is 8.02. The highest BCUT2D eigenvalue weighted by atomic mass is 32.2. The minimum Gasteiger partial charge on any atom is -0.134 e. The summed E-state index contributed by atoms with van der Waals surface area (Å²) in [6.45, 7) is 2.26. The molecule has 0 radical (unpaired) electrons. The summed E-state index contributed by atoms with van der Waals surface area (Å²) >= 11 is 1.96. The number of hydrogen-bond donors (Lipinski definition) is 0. The lowest BCUT2D eigenvalue weighted by Gasteiger charge is -2.22. The van der Waals surface area contributed by atoms with Gasteiger partial charge in [0.25, 0.3) is 0 Å². The van der Waals surface area contributed by atoms with Crippen LogP contribution in [0.3, 0.4) is 0 Å². The van der Waals surface area contributed by atoms with Crippen molar-refractivity contribution in [2.45, 2.75) is 58.3 Å². The van der Waals surface area contributed by atoms with Crippen LogP contribution >= 0.6 is 11.8 Å². The largest absolute Gasteiger partial charge is 0.134 e. The van der Waals surface area contributed by atoms with E-state index in [9.17, 15) is 0 Å². The molecule has 1 fully saturated rings. The lowest BCUT2D eigenvalue weighted by atomic mass is 9.87. The molecule has 1 aliphatic rings.